The molecule has 3 N–H and O–H groups in total. The summed E-state index contributed by atoms with van der Waals surface area (Å²) >= 11 is 5.97. The molecule has 30 heavy (non-hydrogen) atoms. The van der Waals surface area contributed by atoms with Crippen LogP contribution < -0.4 is 11.1 Å². The predicted molar refractivity (Wildman–Crippen MR) is 109 cm³/mol. The average molecular weight is 446 g/mol. The van der Waals surface area contributed by atoms with Gasteiger partial charge in [0.25, 0.3) is 5.91 Å². The minimum atomic E-state index is -3.55. The van der Waals surface area contributed by atoms with E-state index in [9.17, 15) is 13.2 Å². The second-order valence-electron chi connectivity index (χ2n) is 6.40. The zero-order valence-corrected chi connectivity index (χ0v) is 17.4. The Morgan fingerprint density at radius 1 is 1.33 bits per heavy atom. The van der Waals surface area contributed by atoms with Crippen LogP contribution in [0.4, 0.5) is 5.95 Å². The van der Waals surface area contributed by atoms with Crippen molar-refractivity contribution >= 4 is 33.3 Å². The summed E-state index contributed by atoms with van der Waals surface area (Å²) in [6.45, 7) is 1.66. The molecule has 1 aromatic carbocycles. The van der Waals surface area contributed by atoms with Crippen molar-refractivity contribution in [1.29, 1.82) is 5.26 Å². The number of sulfone groups is 1. The molecule has 1 atom stereocenters. The summed E-state index contributed by atoms with van der Waals surface area (Å²) < 4.78 is 24.9. The molecular weight excluding hydrogens is 430 g/mol. The fraction of sp³-hybridized carbons (Fsp3) is 0.167. The second-order valence-corrected chi connectivity index (χ2v) is 8.85. The zero-order chi connectivity index (χ0) is 22.1. The van der Waals surface area contributed by atoms with Gasteiger partial charge < -0.3 is 11.1 Å². The third-order valence-corrected chi connectivity index (χ3v) is 5.35. The lowest BCUT2D eigenvalue weighted by molar-refractivity contribution is 0.0937. The van der Waals surface area contributed by atoms with E-state index in [0.29, 0.717) is 17.2 Å². The molecular formula is C18H16ClN7O3S. The van der Waals surface area contributed by atoms with Gasteiger partial charge in [0, 0.05) is 23.0 Å². The summed E-state index contributed by atoms with van der Waals surface area (Å²) in [5.41, 5.74) is 6.17. The van der Waals surface area contributed by atoms with Crippen LogP contribution in [0.2, 0.25) is 5.02 Å². The molecule has 0 unspecified atom stereocenters. The summed E-state index contributed by atoms with van der Waals surface area (Å²) in [5.74, 6) is 0.0648. The largest absolute Gasteiger partial charge is 0.366 e. The Balaban J connectivity index is 1.90. The maximum Gasteiger partial charge on any atom is 0.251 e. The Morgan fingerprint density at radius 3 is 2.67 bits per heavy atom. The van der Waals surface area contributed by atoms with Gasteiger partial charge in [-0.25, -0.2) is 13.4 Å². The molecule has 0 aliphatic rings. The molecule has 1 amide bonds. The van der Waals surface area contributed by atoms with Gasteiger partial charge in [-0.05, 0) is 37.3 Å². The van der Waals surface area contributed by atoms with Crippen LogP contribution in [0.1, 0.15) is 34.7 Å². The van der Waals surface area contributed by atoms with Crippen LogP contribution in [0, 0.1) is 11.3 Å². The number of nitrogens with zero attached hydrogens (tertiary/aromatic N) is 5. The third-order valence-electron chi connectivity index (χ3n) is 4.04. The predicted octanol–water partition coefficient (Wildman–Crippen LogP) is 1.66. The van der Waals surface area contributed by atoms with Gasteiger partial charge in [0.05, 0.1) is 16.5 Å². The first kappa shape index (κ1) is 21.2. The summed E-state index contributed by atoms with van der Waals surface area (Å²) in [6.07, 6.45) is 2.40. The van der Waals surface area contributed by atoms with E-state index in [1.807, 2.05) is 6.07 Å². The Morgan fingerprint density at radius 2 is 2.07 bits per heavy atom. The first-order valence-corrected chi connectivity index (χ1v) is 10.8. The maximum atomic E-state index is 12.7. The van der Waals surface area contributed by atoms with E-state index in [0.717, 1.165) is 6.26 Å². The number of carbonyl (C=O) groups is 1. The minimum absolute atomic E-state index is 0.0284. The Labute approximate surface area is 177 Å². The number of hydrogen-bond donors (Lipinski definition) is 2. The lowest BCUT2D eigenvalue weighted by Crippen LogP contribution is -2.29. The number of hydrogen-bond acceptors (Lipinski definition) is 8. The van der Waals surface area contributed by atoms with Crippen LogP contribution in [0.5, 0.6) is 0 Å². The molecule has 154 valence electrons. The molecule has 0 aliphatic carbocycles. The van der Waals surface area contributed by atoms with E-state index < -0.39 is 21.8 Å². The first-order chi connectivity index (χ1) is 14.1. The molecule has 2 aromatic heterocycles. The van der Waals surface area contributed by atoms with Crippen LogP contribution in [-0.2, 0) is 9.84 Å². The summed E-state index contributed by atoms with van der Waals surface area (Å²) in [5, 5.41) is 15.8. The number of aromatic nitrogens is 4. The van der Waals surface area contributed by atoms with E-state index >= 15 is 0 Å². The van der Waals surface area contributed by atoms with Gasteiger partial charge in [0.1, 0.15) is 6.07 Å². The van der Waals surface area contributed by atoms with E-state index in [1.54, 1.807) is 19.1 Å². The second kappa shape index (κ2) is 8.10. The van der Waals surface area contributed by atoms with Crippen molar-refractivity contribution in [2.24, 2.45) is 0 Å². The molecule has 0 fully saturated rings. The maximum absolute atomic E-state index is 12.7. The van der Waals surface area contributed by atoms with Gasteiger partial charge in [0.2, 0.25) is 5.95 Å². The van der Waals surface area contributed by atoms with E-state index in [-0.39, 0.29) is 21.4 Å². The van der Waals surface area contributed by atoms with Crippen molar-refractivity contribution in [3.05, 3.63) is 58.5 Å². The number of nitriles is 1. The fourth-order valence-corrected chi connectivity index (χ4v) is 3.60. The summed E-state index contributed by atoms with van der Waals surface area (Å²) in [6, 6.07) is 8.30. The molecule has 0 saturated carbocycles. The summed E-state index contributed by atoms with van der Waals surface area (Å²) in [4.78, 5) is 20.9. The van der Waals surface area contributed by atoms with Gasteiger partial charge in [-0.3, -0.25) is 4.79 Å². The molecule has 12 heteroatoms. The SMILES string of the molecule is C[C@H](NC(=O)c1cc(Cl)cc(S(C)(=O)=O)c1)c1nc(N)nn1-c1ccc(C#N)cn1. The van der Waals surface area contributed by atoms with Gasteiger partial charge in [-0.1, -0.05) is 11.6 Å². The smallest absolute Gasteiger partial charge is 0.251 e. The average Bonchev–Trinajstić information content (AvgIpc) is 3.08. The molecule has 0 bridgehead atoms. The monoisotopic (exact) mass is 445 g/mol. The van der Waals surface area contributed by atoms with E-state index in [4.69, 9.17) is 22.6 Å². The van der Waals surface area contributed by atoms with Crippen molar-refractivity contribution in [3.63, 3.8) is 0 Å². The van der Waals surface area contributed by atoms with Crippen molar-refractivity contribution in [2.45, 2.75) is 17.9 Å². The number of pyridine rings is 1. The van der Waals surface area contributed by atoms with Crippen molar-refractivity contribution < 1.29 is 13.2 Å². The standard InChI is InChI=1S/C18H16ClN7O3S/c1-10(23-17(27)12-5-13(19)7-14(6-12)30(2,28)29)16-24-18(21)25-26(16)15-4-3-11(8-20)9-22-15/h3-7,9-10H,1-2H3,(H2,21,25)(H,23,27)/t10-/m0/s1. The third kappa shape index (κ3) is 4.56. The Hall–Kier alpha value is -3.49. The molecule has 10 nitrogen and oxygen atoms in total. The highest BCUT2D eigenvalue weighted by molar-refractivity contribution is 7.90. The minimum Gasteiger partial charge on any atom is -0.366 e. The van der Waals surface area contributed by atoms with Crippen molar-refractivity contribution in [3.8, 4) is 11.9 Å². The van der Waals surface area contributed by atoms with Gasteiger partial charge >= 0.3 is 0 Å². The van der Waals surface area contributed by atoms with Gasteiger partial charge in [0.15, 0.2) is 21.5 Å². The zero-order valence-electron chi connectivity index (χ0n) is 15.9. The lowest BCUT2D eigenvalue weighted by atomic mass is 10.2. The number of carbonyl (C=O) groups excluding carboxylic acids is 1. The van der Waals surface area contributed by atoms with Gasteiger partial charge in [-0.2, -0.15) is 14.9 Å². The summed E-state index contributed by atoms with van der Waals surface area (Å²) in [7, 11) is -3.55. The number of benzene rings is 1. The van der Waals surface area contributed by atoms with Crippen molar-refractivity contribution in [2.75, 3.05) is 12.0 Å². The highest BCUT2D eigenvalue weighted by Gasteiger charge is 2.21. The number of halogens is 1. The molecule has 0 saturated heterocycles. The highest BCUT2D eigenvalue weighted by Crippen LogP contribution is 2.21. The van der Waals surface area contributed by atoms with Crippen LogP contribution >= 0.6 is 11.6 Å². The fourth-order valence-electron chi connectivity index (χ4n) is 2.62. The van der Waals surface area contributed by atoms with E-state index in [2.05, 4.69) is 20.4 Å². The Kier molecular flexibility index (Phi) is 5.73. The number of amides is 1. The number of nitrogens with one attached hydrogen (secondary N) is 1. The molecule has 3 aromatic rings. The number of rotatable bonds is 5. The van der Waals surface area contributed by atoms with Gasteiger partial charge in [-0.15, -0.1) is 5.10 Å². The van der Waals surface area contributed by atoms with Crippen LogP contribution in [0.3, 0.4) is 0 Å². The number of nitrogen functional groups attached to an aromatic ring is 1. The van der Waals surface area contributed by atoms with E-state index in [1.165, 1.54) is 29.1 Å². The first-order valence-electron chi connectivity index (χ1n) is 8.49. The molecule has 2 heterocycles. The van der Waals surface area contributed by atoms with Crippen LogP contribution in [0.25, 0.3) is 5.82 Å². The van der Waals surface area contributed by atoms with Crippen molar-refractivity contribution in [1.82, 2.24) is 25.1 Å². The normalized spacial score (nSPS) is 12.2. The Bertz CT molecular complexity index is 1260. The molecule has 3 rings (SSSR count). The lowest BCUT2D eigenvalue weighted by Gasteiger charge is -2.15. The molecule has 0 aliphatic heterocycles. The highest BCUT2D eigenvalue weighted by atomic mass is 35.5. The topological polar surface area (TPSA) is 157 Å². The number of anilines is 1. The number of nitrogens with two attached hydrogens (primary N) is 1. The molecule has 0 spiro atoms. The van der Waals surface area contributed by atoms with Crippen LogP contribution in [-0.4, -0.2) is 40.3 Å². The quantitative estimate of drug-likeness (QED) is 0.600. The molecule has 0 radical (unpaired) electrons. The van der Waals surface area contributed by atoms with Crippen LogP contribution in [0.15, 0.2) is 41.4 Å².